The number of sulfonamides is 1. The molecule has 1 amide bonds. The van der Waals surface area contributed by atoms with E-state index in [2.05, 4.69) is 0 Å². The van der Waals surface area contributed by atoms with E-state index in [0.717, 1.165) is 36.9 Å². The van der Waals surface area contributed by atoms with Gasteiger partial charge in [0, 0.05) is 25.2 Å². The molecule has 28 heavy (non-hydrogen) atoms. The summed E-state index contributed by atoms with van der Waals surface area (Å²) in [6, 6.07) is 14.3. The number of benzene rings is 2. The number of anilines is 1. The van der Waals surface area contributed by atoms with Crippen molar-refractivity contribution in [2.24, 2.45) is 0 Å². The van der Waals surface area contributed by atoms with E-state index in [1.54, 1.807) is 23.1 Å². The summed E-state index contributed by atoms with van der Waals surface area (Å²) in [5.41, 5.74) is 2.20. The summed E-state index contributed by atoms with van der Waals surface area (Å²) in [5.74, 6) is -0.106. The molecule has 0 bridgehead atoms. The highest BCUT2D eigenvalue weighted by molar-refractivity contribution is 7.92. The molecule has 2 aromatic carbocycles. The van der Waals surface area contributed by atoms with Crippen molar-refractivity contribution in [3.63, 3.8) is 0 Å². The number of fused-ring (bicyclic) bond motifs is 1. The van der Waals surface area contributed by atoms with Gasteiger partial charge in [-0.15, -0.1) is 0 Å². The maximum atomic E-state index is 13.2. The molecule has 1 saturated carbocycles. The van der Waals surface area contributed by atoms with Crippen LogP contribution in [-0.4, -0.2) is 38.9 Å². The minimum Gasteiger partial charge on any atom is -0.339 e. The fourth-order valence-corrected chi connectivity index (χ4v) is 5.86. The third-order valence-electron chi connectivity index (χ3n) is 5.96. The Bertz CT molecular complexity index is 981. The summed E-state index contributed by atoms with van der Waals surface area (Å²) >= 11 is 0. The molecule has 0 unspecified atom stereocenters. The lowest BCUT2D eigenvalue weighted by Crippen LogP contribution is -2.38. The number of amides is 1. The number of hydrogen-bond donors (Lipinski definition) is 0. The topological polar surface area (TPSA) is 57.7 Å². The molecule has 1 fully saturated rings. The van der Waals surface area contributed by atoms with Gasteiger partial charge in [0.25, 0.3) is 15.9 Å². The average Bonchev–Trinajstić information content (AvgIpc) is 3.18. The van der Waals surface area contributed by atoms with Gasteiger partial charge in [0.15, 0.2) is 0 Å². The maximum absolute atomic E-state index is 13.2. The first-order valence-electron chi connectivity index (χ1n) is 9.96. The van der Waals surface area contributed by atoms with Crippen molar-refractivity contribution in [2.45, 2.75) is 49.5 Å². The van der Waals surface area contributed by atoms with E-state index in [0.29, 0.717) is 18.5 Å². The van der Waals surface area contributed by atoms with Crippen LogP contribution >= 0.6 is 0 Å². The van der Waals surface area contributed by atoms with E-state index in [4.69, 9.17) is 0 Å². The molecule has 0 aromatic heterocycles. The van der Waals surface area contributed by atoms with Crippen molar-refractivity contribution >= 4 is 21.6 Å². The fraction of sp³-hybridized carbons (Fsp3) is 0.409. The van der Waals surface area contributed by atoms with Crippen molar-refractivity contribution in [1.29, 1.82) is 0 Å². The predicted octanol–water partition coefficient (Wildman–Crippen LogP) is 3.84. The maximum Gasteiger partial charge on any atom is 0.264 e. The second kappa shape index (κ2) is 7.59. The van der Waals surface area contributed by atoms with Crippen LogP contribution in [0.15, 0.2) is 53.4 Å². The summed E-state index contributed by atoms with van der Waals surface area (Å²) in [6.07, 6.45) is 6.26. The molecule has 2 aliphatic rings. The lowest BCUT2D eigenvalue weighted by atomic mass is 9.94. The van der Waals surface area contributed by atoms with Gasteiger partial charge in [-0.3, -0.25) is 9.10 Å². The monoisotopic (exact) mass is 398 g/mol. The second-order valence-electron chi connectivity index (χ2n) is 7.69. The quantitative estimate of drug-likeness (QED) is 0.786. The van der Waals surface area contributed by atoms with E-state index in [9.17, 15) is 13.2 Å². The highest BCUT2D eigenvalue weighted by atomic mass is 32.2. The normalized spacial score (nSPS) is 17.4. The summed E-state index contributed by atoms with van der Waals surface area (Å²) in [5, 5.41) is 0. The number of hydrogen-bond acceptors (Lipinski definition) is 3. The highest BCUT2D eigenvalue weighted by Gasteiger charge is 2.31. The first-order valence-corrected chi connectivity index (χ1v) is 11.4. The predicted molar refractivity (Wildman–Crippen MR) is 110 cm³/mol. The molecule has 1 aliphatic heterocycles. The van der Waals surface area contributed by atoms with E-state index in [-0.39, 0.29) is 16.8 Å². The number of nitrogens with zero attached hydrogens (tertiary/aromatic N) is 2. The molecule has 0 atom stereocenters. The second-order valence-corrected chi connectivity index (χ2v) is 9.55. The van der Waals surface area contributed by atoms with E-state index < -0.39 is 10.0 Å². The summed E-state index contributed by atoms with van der Waals surface area (Å²) < 4.78 is 27.9. The minimum atomic E-state index is -3.70. The van der Waals surface area contributed by atoms with Gasteiger partial charge in [-0.1, -0.05) is 43.5 Å². The lowest BCUT2D eigenvalue weighted by molar-refractivity contribution is 0.0696. The smallest absolute Gasteiger partial charge is 0.264 e. The summed E-state index contributed by atoms with van der Waals surface area (Å²) in [4.78, 5) is 14.9. The van der Waals surface area contributed by atoms with Crippen LogP contribution in [0.3, 0.4) is 0 Å². The van der Waals surface area contributed by atoms with Gasteiger partial charge in [0.05, 0.1) is 10.6 Å². The van der Waals surface area contributed by atoms with Crippen LogP contribution in [0.1, 0.15) is 48.0 Å². The minimum absolute atomic E-state index is 0.106. The zero-order chi connectivity index (χ0) is 19.7. The summed E-state index contributed by atoms with van der Waals surface area (Å²) in [6.45, 7) is 0.432. The van der Waals surface area contributed by atoms with Gasteiger partial charge < -0.3 is 4.90 Å². The van der Waals surface area contributed by atoms with Crippen molar-refractivity contribution in [1.82, 2.24) is 4.90 Å². The van der Waals surface area contributed by atoms with Crippen LogP contribution in [0.25, 0.3) is 0 Å². The fourth-order valence-electron chi connectivity index (χ4n) is 4.31. The molecule has 5 nitrogen and oxygen atoms in total. The number of para-hydroxylation sites is 1. The molecule has 2 aromatic rings. The Hall–Kier alpha value is -2.34. The number of carbonyl (C=O) groups excluding carboxylic acids is 1. The molecule has 0 spiro atoms. The van der Waals surface area contributed by atoms with E-state index in [1.165, 1.54) is 16.8 Å². The van der Waals surface area contributed by atoms with Crippen LogP contribution in [0.2, 0.25) is 0 Å². The van der Waals surface area contributed by atoms with Crippen molar-refractivity contribution < 1.29 is 13.2 Å². The molecule has 6 heteroatoms. The average molecular weight is 399 g/mol. The lowest BCUT2D eigenvalue weighted by Gasteiger charge is -2.31. The van der Waals surface area contributed by atoms with Gasteiger partial charge in [-0.25, -0.2) is 8.42 Å². The molecule has 1 heterocycles. The zero-order valence-electron chi connectivity index (χ0n) is 16.2. The Morgan fingerprint density at radius 2 is 1.79 bits per heavy atom. The first-order chi connectivity index (χ1) is 13.5. The molecule has 0 saturated heterocycles. The van der Waals surface area contributed by atoms with Gasteiger partial charge in [-0.05, 0) is 49.1 Å². The molecule has 1 aliphatic carbocycles. The summed E-state index contributed by atoms with van der Waals surface area (Å²) in [7, 11) is -1.87. The van der Waals surface area contributed by atoms with Crippen LogP contribution < -0.4 is 4.31 Å². The highest BCUT2D eigenvalue weighted by Crippen LogP contribution is 2.33. The van der Waals surface area contributed by atoms with Crippen LogP contribution in [0.4, 0.5) is 5.69 Å². The van der Waals surface area contributed by atoms with Crippen LogP contribution in [0.5, 0.6) is 0 Å². The van der Waals surface area contributed by atoms with Crippen molar-refractivity contribution in [2.75, 3.05) is 17.9 Å². The van der Waals surface area contributed by atoms with Gasteiger partial charge in [0.1, 0.15) is 0 Å². The van der Waals surface area contributed by atoms with E-state index in [1.807, 2.05) is 31.3 Å². The molecule has 0 radical (unpaired) electrons. The number of carbonyl (C=O) groups is 1. The van der Waals surface area contributed by atoms with Gasteiger partial charge in [-0.2, -0.15) is 0 Å². The van der Waals surface area contributed by atoms with Crippen LogP contribution in [0, 0.1) is 0 Å². The third-order valence-corrected chi connectivity index (χ3v) is 7.77. The van der Waals surface area contributed by atoms with Crippen LogP contribution in [-0.2, 0) is 16.4 Å². The first kappa shape index (κ1) is 19.0. The molecular weight excluding hydrogens is 372 g/mol. The van der Waals surface area contributed by atoms with Gasteiger partial charge in [0.2, 0.25) is 0 Å². The Labute approximate surface area is 167 Å². The van der Waals surface area contributed by atoms with Crippen molar-refractivity contribution in [3.8, 4) is 0 Å². The SMILES string of the molecule is CN(C(=O)c1cccc(S(=O)(=O)N2CCc3ccccc32)c1)C1CCCCC1. The molecule has 148 valence electrons. The van der Waals surface area contributed by atoms with E-state index >= 15 is 0 Å². The number of rotatable bonds is 4. The third kappa shape index (κ3) is 3.41. The Balaban J connectivity index is 1.61. The standard InChI is InChI=1S/C22H26N2O3S/c1-23(19-10-3-2-4-11-19)22(25)18-9-7-12-20(16-18)28(26,27)24-15-14-17-8-5-6-13-21(17)24/h5-9,12-13,16,19H,2-4,10-11,14-15H2,1H3. The largest absolute Gasteiger partial charge is 0.339 e. The molecule has 0 N–H and O–H groups in total. The van der Waals surface area contributed by atoms with Crippen molar-refractivity contribution in [3.05, 3.63) is 59.7 Å². The Morgan fingerprint density at radius 1 is 1.04 bits per heavy atom. The van der Waals surface area contributed by atoms with Gasteiger partial charge >= 0.3 is 0 Å². The Morgan fingerprint density at radius 3 is 2.57 bits per heavy atom. The zero-order valence-corrected chi connectivity index (χ0v) is 17.0. The Kier molecular flexibility index (Phi) is 5.15. The molecule has 4 rings (SSSR count). The molecular formula is C22H26N2O3S.